The Morgan fingerprint density at radius 3 is 2.48 bits per heavy atom. The van der Waals surface area contributed by atoms with Gasteiger partial charge in [0.15, 0.2) is 0 Å². The van der Waals surface area contributed by atoms with E-state index in [0.717, 1.165) is 17.7 Å². The van der Waals surface area contributed by atoms with Crippen LogP contribution in [0.4, 0.5) is 5.69 Å². The van der Waals surface area contributed by atoms with Crippen molar-refractivity contribution >= 4 is 17.3 Å². The molecule has 1 atom stereocenters. The molecule has 2 rings (SSSR count). The molecular formula is C17H17ClN2O. The number of aryl methyl sites for hydroxylation is 1. The highest BCUT2D eigenvalue weighted by Gasteiger charge is 2.24. The molecule has 0 saturated heterocycles. The number of aromatic hydroxyl groups is 1. The number of phenolic OH excluding ortho intramolecular Hbond substituents is 1. The Labute approximate surface area is 129 Å². The largest absolute Gasteiger partial charge is 0.508 e. The van der Waals surface area contributed by atoms with Crippen LogP contribution in [0.15, 0.2) is 48.5 Å². The van der Waals surface area contributed by atoms with Crippen LogP contribution in [-0.2, 0) is 6.42 Å². The number of para-hydroxylation sites is 1. The molecule has 2 aromatic rings. The second-order valence-electron chi connectivity index (χ2n) is 5.22. The molecule has 3 nitrogen and oxygen atoms in total. The number of rotatable bonds is 5. The Kier molecular flexibility index (Phi) is 4.72. The minimum absolute atomic E-state index is 0.246. The fourth-order valence-corrected chi connectivity index (χ4v) is 2.25. The van der Waals surface area contributed by atoms with Gasteiger partial charge in [0.2, 0.25) is 0 Å². The van der Waals surface area contributed by atoms with Crippen molar-refractivity contribution in [2.24, 2.45) is 0 Å². The van der Waals surface area contributed by atoms with Crippen molar-refractivity contribution in [3.05, 3.63) is 59.1 Å². The summed E-state index contributed by atoms with van der Waals surface area (Å²) in [5.74, 6) is 0.246. The molecular weight excluding hydrogens is 284 g/mol. The number of benzene rings is 2. The van der Waals surface area contributed by atoms with Crippen molar-refractivity contribution in [1.82, 2.24) is 0 Å². The van der Waals surface area contributed by atoms with E-state index in [1.807, 2.05) is 37.3 Å². The average Bonchev–Trinajstić information content (AvgIpc) is 2.49. The van der Waals surface area contributed by atoms with Crippen molar-refractivity contribution in [3.63, 3.8) is 0 Å². The molecule has 0 saturated carbocycles. The number of halogens is 1. The van der Waals surface area contributed by atoms with Crippen LogP contribution in [0.3, 0.4) is 0 Å². The van der Waals surface area contributed by atoms with Crippen LogP contribution in [-0.4, -0.2) is 10.6 Å². The van der Waals surface area contributed by atoms with E-state index in [9.17, 15) is 10.4 Å². The molecule has 21 heavy (non-hydrogen) atoms. The van der Waals surface area contributed by atoms with Crippen molar-refractivity contribution < 1.29 is 5.11 Å². The molecule has 0 fully saturated rings. The second-order valence-corrected chi connectivity index (χ2v) is 5.62. The minimum Gasteiger partial charge on any atom is -0.508 e. The van der Waals surface area contributed by atoms with Gasteiger partial charge < -0.3 is 10.4 Å². The highest BCUT2D eigenvalue weighted by molar-refractivity contribution is 6.33. The Balaban J connectivity index is 2.06. The van der Waals surface area contributed by atoms with Crippen LogP contribution in [0.2, 0.25) is 5.02 Å². The second kappa shape index (κ2) is 6.51. The summed E-state index contributed by atoms with van der Waals surface area (Å²) >= 11 is 6.12. The van der Waals surface area contributed by atoms with Crippen LogP contribution < -0.4 is 5.32 Å². The standard InChI is InChI=1S/C17H17ClN2O/c1-17(12-19,20-16-5-3-2-4-15(16)18)11-10-13-6-8-14(21)9-7-13/h2-9,20-21H,10-11H2,1H3. The molecule has 0 aromatic heterocycles. The summed E-state index contributed by atoms with van der Waals surface area (Å²) in [4.78, 5) is 0. The Morgan fingerprint density at radius 1 is 1.19 bits per heavy atom. The highest BCUT2D eigenvalue weighted by Crippen LogP contribution is 2.26. The van der Waals surface area contributed by atoms with E-state index in [1.54, 1.807) is 18.2 Å². The maximum atomic E-state index is 9.46. The fourth-order valence-electron chi connectivity index (χ4n) is 2.06. The highest BCUT2D eigenvalue weighted by atomic mass is 35.5. The van der Waals surface area contributed by atoms with E-state index in [1.165, 1.54) is 0 Å². The van der Waals surface area contributed by atoms with E-state index in [-0.39, 0.29) is 5.75 Å². The van der Waals surface area contributed by atoms with Gasteiger partial charge in [-0.05, 0) is 49.6 Å². The van der Waals surface area contributed by atoms with Gasteiger partial charge in [0.25, 0.3) is 0 Å². The molecule has 0 amide bonds. The maximum Gasteiger partial charge on any atom is 0.122 e. The quantitative estimate of drug-likeness (QED) is 0.862. The molecule has 4 heteroatoms. The van der Waals surface area contributed by atoms with Crippen molar-refractivity contribution in [2.75, 3.05) is 5.32 Å². The van der Waals surface area contributed by atoms with Crippen LogP contribution in [0, 0.1) is 11.3 Å². The first kappa shape index (κ1) is 15.2. The summed E-state index contributed by atoms with van der Waals surface area (Å²) < 4.78 is 0. The third kappa shape index (κ3) is 4.14. The van der Waals surface area contributed by atoms with E-state index in [2.05, 4.69) is 11.4 Å². The third-order valence-corrected chi connectivity index (χ3v) is 3.71. The molecule has 0 spiro atoms. The zero-order valence-corrected chi connectivity index (χ0v) is 12.6. The zero-order valence-electron chi connectivity index (χ0n) is 11.8. The molecule has 2 aromatic carbocycles. The Bertz CT molecular complexity index is 649. The normalized spacial score (nSPS) is 13.2. The molecule has 0 heterocycles. The van der Waals surface area contributed by atoms with Gasteiger partial charge in [0.1, 0.15) is 11.3 Å². The Hall–Kier alpha value is -2.18. The molecule has 0 aliphatic heterocycles. The van der Waals surface area contributed by atoms with Crippen LogP contribution in [0.5, 0.6) is 5.75 Å². The van der Waals surface area contributed by atoms with Crippen molar-refractivity contribution in [1.29, 1.82) is 5.26 Å². The number of phenols is 1. The van der Waals surface area contributed by atoms with Crippen molar-refractivity contribution in [3.8, 4) is 11.8 Å². The maximum absolute atomic E-state index is 9.46. The monoisotopic (exact) mass is 300 g/mol. The van der Waals surface area contributed by atoms with Crippen LogP contribution in [0.25, 0.3) is 0 Å². The average molecular weight is 301 g/mol. The number of nitrogens with zero attached hydrogens (tertiary/aromatic N) is 1. The van der Waals surface area contributed by atoms with E-state index < -0.39 is 5.54 Å². The number of anilines is 1. The van der Waals surface area contributed by atoms with Crippen LogP contribution >= 0.6 is 11.6 Å². The lowest BCUT2D eigenvalue weighted by atomic mass is 9.94. The Morgan fingerprint density at radius 2 is 1.86 bits per heavy atom. The van der Waals surface area contributed by atoms with Gasteiger partial charge in [0, 0.05) is 0 Å². The van der Waals surface area contributed by atoms with Gasteiger partial charge >= 0.3 is 0 Å². The summed E-state index contributed by atoms with van der Waals surface area (Å²) in [5.41, 5.74) is 1.13. The number of hydrogen-bond acceptors (Lipinski definition) is 3. The molecule has 1 unspecified atom stereocenters. The number of nitriles is 1. The van der Waals surface area contributed by atoms with Gasteiger partial charge in [-0.3, -0.25) is 0 Å². The van der Waals surface area contributed by atoms with Gasteiger partial charge in [0.05, 0.1) is 16.8 Å². The molecule has 0 bridgehead atoms. The molecule has 2 N–H and O–H groups in total. The van der Waals surface area contributed by atoms with E-state index >= 15 is 0 Å². The first-order chi connectivity index (χ1) is 10.0. The van der Waals surface area contributed by atoms with E-state index in [0.29, 0.717) is 11.4 Å². The van der Waals surface area contributed by atoms with Crippen molar-refractivity contribution in [2.45, 2.75) is 25.3 Å². The smallest absolute Gasteiger partial charge is 0.122 e. The predicted molar refractivity (Wildman–Crippen MR) is 85.5 cm³/mol. The lowest BCUT2D eigenvalue weighted by molar-refractivity contribution is 0.475. The summed E-state index contributed by atoms with van der Waals surface area (Å²) in [6.07, 6.45) is 1.38. The summed E-state index contributed by atoms with van der Waals surface area (Å²) in [5, 5.41) is 22.6. The molecule has 0 aliphatic rings. The zero-order chi connectivity index (χ0) is 15.3. The summed E-state index contributed by atoms with van der Waals surface area (Å²) in [6, 6.07) is 16.7. The SMILES string of the molecule is CC(C#N)(CCc1ccc(O)cc1)Nc1ccccc1Cl. The summed E-state index contributed by atoms with van der Waals surface area (Å²) in [6.45, 7) is 1.86. The molecule has 0 aliphatic carbocycles. The van der Waals surface area contributed by atoms with Gasteiger partial charge in [-0.25, -0.2) is 0 Å². The predicted octanol–water partition coefficient (Wildman–Crippen LogP) is 4.37. The lowest BCUT2D eigenvalue weighted by Gasteiger charge is -2.25. The molecule has 108 valence electrons. The fraction of sp³-hybridized carbons (Fsp3) is 0.235. The van der Waals surface area contributed by atoms with Gasteiger partial charge in [-0.1, -0.05) is 35.9 Å². The number of hydrogen-bond donors (Lipinski definition) is 2. The number of nitrogens with one attached hydrogen (secondary N) is 1. The van der Waals surface area contributed by atoms with Gasteiger partial charge in [-0.2, -0.15) is 5.26 Å². The molecule has 0 radical (unpaired) electrons. The summed E-state index contributed by atoms with van der Waals surface area (Å²) in [7, 11) is 0. The first-order valence-corrected chi connectivity index (χ1v) is 7.12. The topological polar surface area (TPSA) is 56.0 Å². The minimum atomic E-state index is -0.705. The van der Waals surface area contributed by atoms with Crippen LogP contribution in [0.1, 0.15) is 18.9 Å². The van der Waals surface area contributed by atoms with E-state index in [4.69, 9.17) is 11.6 Å². The van der Waals surface area contributed by atoms with Gasteiger partial charge in [-0.15, -0.1) is 0 Å². The first-order valence-electron chi connectivity index (χ1n) is 6.74. The third-order valence-electron chi connectivity index (χ3n) is 3.38. The lowest BCUT2D eigenvalue weighted by Crippen LogP contribution is -2.33.